The Morgan fingerprint density at radius 2 is 2.29 bits per heavy atom. The zero-order valence-corrected chi connectivity index (χ0v) is 5.00. The molecule has 0 fully saturated rings. The Hall–Kier alpha value is -0.170. The van der Waals surface area contributed by atoms with Crippen LogP contribution >= 0.6 is 12.4 Å². The van der Waals surface area contributed by atoms with Crippen LogP contribution in [0.1, 0.15) is 12.8 Å². The van der Waals surface area contributed by atoms with Crippen LogP contribution < -0.4 is 5.32 Å². The third-order valence-corrected chi connectivity index (χ3v) is 0.928. The molecule has 0 spiro atoms. The van der Waals surface area contributed by atoms with E-state index in [1.807, 2.05) is 6.20 Å². The summed E-state index contributed by atoms with van der Waals surface area (Å²) in [5.41, 5.74) is 0. The summed E-state index contributed by atoms with van der Waals surface area (Å²) in [6.07, 6.45) is 6.73. The van der Waals surface area contributed by atoms with Gasteiger partial charge in [0.2, 0.25) is 0 Å². The fraction of sp³-hybridized carbons (Fsp3) is 0.600. The summed E-state index contributed by atoms with van der Waals surface area (Å²) in [5.74, 6) is 0. The lowest BCUT2D eigenvalue weighted by Gasteiger charge is -2.02. The lowest BCUT2D eigenvalue weighted by atomic mass is 10.2. The fourth-order valence-corrected chi connectivity index (χ4v) is 0.572. The number of rotatable bonds is 0. The highest BCUT2D eigenvalue weighted by Gasteiger charge is 1.84. The first-order valence-corrected chi connectivity index (χ1v) is 2.38. The molecule has 0 aliphatic carbocycles. The highest BCUT2D eigenvalue weighted by atomic mass is 35.5. The molecule has 1 aliphatic rings. The van der Waals surface area contributed by atoms with Crippen molar-refractivity contribution < 1.29 is 0 Å². The molecule has 0 aromatic heterocycles. The zero-order valence-electron chi connectivity index (χ0n) is 4.18. The Kier molecular flexibility index (Phi) is 3.90. The molecule has 0 atom stereocenters. The van der Waals surface area contributed by atoms with Crippen LogP contribution in [0.4, 0.5) is 0 Å². The maximum atomic E-state index is 3.10. The monoisotopic (exact) mass is 119 g/mol. The summed E-state index contributed by atoms with van der Waals surface area (Å²) >= 11 is 0. The summed E-state index contributed by atoms with van der Waals surface area (Å²) < 4.78 is 0. The minimum atomic E-state index is 0. The molecule has 0 amide bonds. The number of hydrogen-bond acceptors (Lipinski definition) is 1. The first-order valence-electron chi connectivity index (χ1n) is 2.38. The topological polar surface area (TPSA) is 12.0 Å². The normalized spacial score (nSPS) is 17.1. The Labute approximate surface area is 50.2 Å². The van der Waals surface area contributed by atoms with E-state index in [-0.39, 0.29) is 12.4 Å². The van der Waals surface area contributed by atoms with E-state index in [0.717, 1.165) is 6.54 Å². The van der Waals surface area contributed by atoms with Gasteiger partial charge in [0.25, 0.3) is 0 Å². The fourth-order valence-electron chi connectivity index (χ4n) is 0.572. The van der Waals surface area contributed by atoms with Gasteiger partial charge < -0.3 is 5.32 Å². The Balaban J connectivity index is 0.000000360. The van der Waals surface area contributed by atoms with Crippen molar-refractivity contribution in [1.29, 1.82) is 0 Å². The number of nitrogens with one attached hydrogen (secondary N) is 1. The molecule has 0 saturated carbocycles. The van der Waals surface area contributed by atoms with Crippen LogP contribution in [0, 0.1) is 0 Å². The number of hydrogen-bond donors (Lipinski definition) is 1. The molecule has 1 heterocycles. The lowest BCUT2D eigenvalue weighted by Crippen LogP contribution is -2.09. The largest absolute Gasteiger partial charge is 0.391 e. The quantitative estimate of drug-likeness (QED) is 0.507. The second-order valence-corrected chi connectivity index (χ2v) is 1.50. The molecule has 0 bridgehead atoms. The first-order chi connectivity index (χ1) is 3.00. The summed E-state index contributed by atoms with van der Waals surface area (Å²) in [6, 6.07) is 0. The van der Waals surface area contributed by atoms with E-state index in [9.17, 15) is 0 Å². The lowest BCUT2D eigenvalue weighted by molar-refractivity contribution is 0.728. The van der Waals surface area contributed by atoms with Gasteiger partial charge in [0.15, 0.2) is 0 Å². The second kappa shape index (κ2) is 4.00. The van der Waals surface area contributed by atoms with E-state index >= 15 is 0 Å². The van der Waals surface area contributed by atoms with Crippen LogP contribution in [0.2, 0.25) is 0 Å². The van der Waals surface area contributed by atoms with Gasteiger partial charge in [-0.25, -0.2) is 0 Å². The summed E-state index contributed by atoms with van der Waals surface area (Å²) in [6.45, 7) is 1.16. The first kappa shape index (κ1) is 6.83. The third-order valence-electron chi connectivity index (χ3n) is 0.928. The Bertz CT molecular complexity index is 53.1. The molecule has 0 aromatic rings. The number of halogens is 1. The van der Waals surface area contributed by atoms with Crippen LogP contribution in [0.15, 0.2) is 12.3 Å². The van der Waals surface area contributed by atoms with E-state index in [2.05, 4.69) is 11.4 Å². The Morgan fingerprint density at radius 3 is 2.43 bits per heavy atom. The summed E-state index contributed by atoms with van der Waals surface area (Å²) in [7, 11) is 0. The molecular weight excluding hydrogens is 110 g/mol. The van der Waals surface area contributed by atoms with Crippen LogP contribution in [0.5, 0.6) is 0 Å². The SMILES string of the molecule is C1=CNCCC1.Cl. The van der Waals surface area contributed by atoms with Crippen molar-refractivity contribution in [2.75, 3.05) is 6.54 Å². The average Bonchev–Trinajstić information content (AvgIpc) is 1.72. The predicted octanol–water partition coefficient (Wildman–Crippen LogP) is 1.31. The highest BCUT2D eigenvalue weighted by Crippen LogP contribution is 1.91. The second-order valence-electron chi connectivity index (χ2n) is 1.50. The molecule has 0 saturated heterocycles. The van der Waals surface area contributed by atoms with Gasteiger partial charge in [-0.2, -0.15) is 0 Å². The maximum Gasteiger partial charge on any atom is 0.0144 e. The third kappa shape index (κ3) is 2.52. The van der Waals surface area contributed by atoms with Gasteiger partial charge in [0, 0.05) is 6.54 Å². The standard InChI is InChI=1S/C5H9N.ClH/c1-2-4-6-5-3-1;/h2,4,6H,1,3,5H2;1H. The predicted molar refractivity (Wildman–Crippen MR) is 33.6 cm³/mol. The zero-order chi connectivity index (χ0) is 4.24. The van der Waals surface area contributed by atoms with Crippen molar-refractivity contribution in [3.05, 3.63) is 12.3 Å². The van der Waals surface area contributed by atoms with Gasteiger partial charge in [-0.05, 0) is 19.0 Å². The molecular formula is C5H10ClN. The van der Waals surface area contributed by atoms with E-state index in [1.165, 1.54) is 12.8 Å². The molecule has 0 radical (unpaired) electrons. The molecule has 1 rings (SSSR count). The molecule has 2 heteroatoms. The molecule has 42 valence electrons. The van der Waals surface area contributed by atoms with Crippen LogP contribution in [-0.4, -0.2) is 6.54 Å². The maximum absolute atomic E-state index is 3.10. The van der Waals surface area contributed by atoms with Gasteiger partial charge in [-0.3, -0.25) is 0 Å². The van der Waals surface area contributed by atoms with Gasteiger partial charge >= 0.3 is 0 Å². The summed E-state index contributed by atoms with van der Waals surface area (Å²) in [5, 5.41) is 3.10. The summed E-state index contributed by atoms with van der Waals surface area (Å²) in [4.78, 5) is 0. The minimum absolute atomic E-state index is 0. The average molecular weight is 120 g/mol. The molecule has 1 N–H and O–H groups in total. The van der Waals surface area contributed by atoms with Crippen LogP contribution in [0.3, 0.4) is 0 Å². The van der Waals surface area contributed by atoms with Gasteiger partial charge in [-0.15, -0.1) is 12.4 Å². The molecule has 7 heavy (non-hydrogen) atoms. The van der Waals surface area contributed by atoms with Gasteiger partial charge in [-0.1, -0.05) is 6.08 Å². The van der Waals surface area contributed by atoms with Crippen molar-refractivity contribution in [2.45, 2.75) is 12.8 Å². The van der Waals surface area contributed by atoms with Crippen molar-refractivity contribution in [3.63, 3.8) is 0 Å². The van der Waals surface area contributed by atoms with E-state index < -0.39 is 0 Å². The highest BCUT2D eigenvalue weighted by molar-refractivity contribution is 5.85. The van der Waals surface area contributed by atoms with Crippen LogP contribution in [0.25, 0.3) is 0 Å². The van der Waals surface area contributed by atoms with Crippen molar-refractivity contribution in [3.8, 4) is 0 Å². The van der Waals surface area contributed by atoms with Gasteiger partial charge in [0.05, 0.1) is 0 Å². The van der Waals surface area contributed by atoms with Crippen LogP contribution in [-0.2, 0) is 0 Å². The van der Waals surface area contributed by atoms with Gasteiger partial charge in [0.1, 0.15) is 0 Å². The molecule has 1 nitrogen and oxygen atoms in total. The molecule has 1 aliphatic heterocycles. The molecule has 0 aromatic carbocycles. The van der Waals surface area contributed by atoms with E-state index in [4.69, 9.17) is 0 Å². The minimum Gasteiger partial charge on any atom is -0.391 e. The molecule has 0 unspecified atom stereocenters. The van der Waals surface area contributed by atoms with Crippen molar-refractivity contribution in [2.24, 2.45) is 0 Å². The Morgan fingerprint density at radius 1 is 1.43 bits per heavy atom. The number of allylic oxidation sites excluding steroid dienone is 1. The van der Waals surface area contributed by atoms with Crippen molar-refractivity contribution in [1.82, 2.24) is 5.32 Å². The van der Waals surface area contributed by atoms with E-state index in [0.29, 0.717) is 0 Å². The van der Waals surface area contributed by atoms with E-state index in [1.54, 1.807) is 0 Å². The smallest absolute Gasteiger partial charge is 0.0144 e. The van der Waals surface area contributed by atoms with Crippen molar-refractivity contribution >= 4 is 12.4 Å².